The molecule has 0 radical (unpaired) electrons. The maximum absolute atomic E-state index is 5.47. The van der Waals surface area contributed by atoms with Crippen LogP contribution in [0.2, 0.25) is 0 Å². The zero-order valence-corrected chi connectivity index (χ0v) is 12.6. The van der Waals surface area contributed by atoms with Gasteiger partial charge in [0.15, 0.2) is 11.5 Å². The van der Waals surface area contributed by atoms with E-state index in [0.717, 1.165) is 5.56 Å². The first-order valence-corrected chi connectivity index (χ1v) is 6.01. The lowest BCUT2D eigenvalue weighted by molar-refractivity contribution is 0.286. The highest BCUT2D eigenvalue weighted by atomic mass is 16.6. The molecule has 0 aromatic heterocycles. The van der Waals surface area contributed by atoms with Gasteiger partial charge in [0, 0.05) is 5.56 Å². The zero-order valence-electron chi connectivity index (χ0n) is 12.6. The van der Waals surface area contributed by atoms with Crippen LogP contribution < -0.4 is 23.7 Å². The average Bonchev–Trinajstić information content (AvgIpc) is 2.43. The molecule has 5 heteroatoms. The fourth-order valence-corrected chi connectivity index (χ4v) is 2.14. The standard InChI is InChI=1S/C14H22O5/c1-8(2)9-10(15-3)12(17-5)14(19-7)13(18-6)11(9)16-4/h8H,1-7H3. The second-order valence-corrected chi connectivity index (χ2v) is 4.23. The van der Waals surface area contributed by atoms with E-state index in [2.05, 4.69) is 0 Å². The van der Waals surface area contributed by atoms with E-state index in [0.29, 0.717) is 28.7 Å². The second kappa shape index (κ2) is 6.41. The topological polar surface area (TPSA) is 46.2 Å². The quantitative estimate of drug-likeness (QED) is 0.795. The van der Waals surface area contributed by atoms with Crippen LogP contribution >= 0.6 is 0 Å². The van der Waals surface area contributed by atoms with Crippen LogP contribution in [0.1, 0.15) is 25.3 Å². The second-order valence-electron chi connectivity index (χ2n) is 4.23. The molecule has 0 bridgehead atoms. The molecule has 0 aliphatic heterocycles. The van der Waals surface area contributed by atoms with Gasteiger partial charge in [-0.3, -0.25) is 0 Å². The van der Waals surface area contributed by atoms with Gasteiger partial charge in [-0.05, 0) is 5.92 Å². The first kappa shape index (κ1) is 15.3. The largest absolute Gasteiger partial charge is 0.492 e. The van der Waals surface area contributed by atoms with Crippen molar-refractivity contribution in [3.05, 3.63) is 5.56 Å². The van der Waals surface area contributed by atoms with Crippen LogP contribution in [-0.2, 0) is 0 Å². The Morgan fingerprint density at radius 2 is 0.789 bits per heavy atom. The summed E-state index contributed by atoms with van der Waals surface area (Å²) in [6, 6.07) is 0. The highest BCUT2D eigenvalue weighted by Crippen LogP contribution is 2.55. The van der Waals surface area contributed by atoms with E-state index >= 15 is 0 Å². The van der Waals surface area contributed by atoms with E-state index < -0.39 is 0 Å². The first-order chi connectivity index (χ1) is 9.06. The summed E-state index contributed by atoms with van der Waals surface area (Å²) in [6.45, 7) is 4.09. The van der Waals surface area contributed by atoms with Crippen molar-refractivity contribution in [2.75, 3.05) is 35.5 Å². The van der Waals surface area contributed by atoms with Crippen molar-refractivity contribution in [2.24, 2.45) is 0 Å². The van der Waals surface area contributed by atoms with Crippen molar-refractivity contribution in [3.8, 4) is 28.7 Å². The van der Waals surface area contributed by atoms with Crippen LogP contribution in [0.4, 0.5) is 0 Å². The van der Waals surface area contributed by atoms with E-state index in [1.54, 1.807) is 35.5 Å². The third-order valence-electron chi connectivity index (χ3n) is 2.91. The lowest BCUT2D eigenvalue weighted by Gasteiger charge is -2.23. The number of methoxy groups -OCH3 is 5. The van der Waals surface area contributed by atoms with Crippen molar-refractivity contribution in [1.82, 2.24) is 0 Å². The molecule has 0 N–H and O–H groups in total. The van der Waals surface area contributed by atoms with E-state index in [4.69, 9.17) is 23.7 Å². The number of ether oxygens (including phenoxy) is 5. The first-order valence-electron chi connectivity index (χ1n) is 6.01. The lowest BCUT2D eigenvalue weighted by Crippen LogP contribution is -2.06. The van der Waals surface area contributed by atoms with E-state index in [1.165, 1.54) is 0 Å². The van der Waals surface area contributed by atoms with Crippen LogP contribution in [0.3, 0.4) is 0 Å². The van der Waals surface area contributed by atoms with Gasteiger partial charge in [-0.1, -0.05) is 13.8 Å². The highest BCUT2D eigenvalue weighted by molar-refractivity contribution is 5.71. The SMILES string of the molecule is COc1c(OC)c(OC)c(C(C)C)c(OC)c1OC. The van der Waals surface area contributed by atoms with Crippen molar-refractivity contribution in [2.45, 2.75) is 19.8 Å². The van der Waals surface area contributed by atoms with Gasteiger partial charge >= 0.3 is 0 Å². The van der Waals surface area contributed by atoms with Gasteiger partial charge in [0.05, 0.1) is 35.5 Å². The molecule has 1 aromatic rings. The van der Waals surface area contributed by atoms with Crippen molar-refractivity contribution >= 4 is 0 Å². The minimum absolute atomic E-state index is 0.179. The number of benzene rings is 1. The molecule has 108 valence electrons. The van der Waals surface area contributed by atoms with Crippen molar-refractivity contribution in [3.63, 3.8) is 0 Å². The van der Waals surface area contributed by atoms with Crippen LogP contribution in [0.5, 0.6) is 28.7 Å². The Kier molecular flexibility index (Phi) is 5.15. The molecule has 0 aliphatic rings. The summed E-state index contributed by atoms with van der Waals surface area (Å²) in [6.07, 6.45) is 0. The molecule has 0 saturated heterocycles. The van der Waals surface area contributed by atoms with Gasteiger partial charge < -0.3 is 23.7 Å². The van der Waals surface area contributed by atoms with Gasteiger partial charge in [-0.15, -0.1) is 0 Å². The van der Waals surface area contributed by atoms with Gasteiger partial charge in [-0.25, -0.2) is 0 Å². The highest BCUT2D eigenvalue weighted by Gasteiger charge is 2.29. The van der Waals surface area contributed by atoms with Gasteiger partial charge in [0.1, 0.15) is 0 Å². The summed E-state index contributed by atoms with van der Waals surface area (Å²) < 4.78 is 27.1. The normalized spacial score (nSPS) is 10.3. The van der Waals surface area contributed by atoms with E-state index in [1.807, 2.05) is 13.8 Å². The predicted octanol–water partition coefficient (Wildman–Crippen LogP) is 2.85. The molecule has 0 saturated carbocycles. The molecule has 0 spiro atoms. The summed E-state index contributed by atoms with van der Waals surface area (Å²) in [7, 11) is 7.87. The van der Waals surface area contributed by atoms with Crippen LogP contribution in [0.15, 0.2) is 0 Å². The number of hydrogen-bond donors (Lipinski definition) is 0. The molecule has 0 amide bonds. The number of hydrogen-bond acceptors (Lipinski definition) is 5. The summed E-state index contributed by atoms with van der Waals surface area (Å²) in [5.74, 6) is 2.86. The number of rotatable bonds is 6. The lowest BCUT2D eigenvalue weighted by atomic mass is 9.99. The van der Waals surface area contributed by atoms with Crippen molar-refractivity contribution in [1.29, 1.82) is 0 Å². The fraction of sp³-hybridized carbons (Fsp3) is 0.571. The third kappa shape index (κ3) is 2.50. The van der Waals surface area contributed by atoms with Crippen molar-refractivity contribution < 1.29 is 23.7 Å². The molecule has 0 heterocycles. The smallest absolute Gasteiger partial charge is 0.211 e. The molecule has 19 heavy (non-hydrogen) atoms. The Hall–Kier alpha value is -1.78. The van der Waals surface area contributed by atoms with E-state index in [-0.39, 0.29) is 5.92 Å². The summed E-state index contributed by atoms with van der Waals surface area (Å²) >= 11 is 0. The Bertz CT molecular complexity index is 407. The minimum atomic E-state index is 0.179. The van der Waals surface area contributed by atoms with Gasteiger partial charge in [0.25, 0.3) is 0 Å². The summed E-state index contributed by atoms with van der Waals surface area (Å²) in [5.41, 5.74) is 0.888. The Balaban J connectivity index is 3.80. The monoisotopic (exact) mass is 270 g/mol. The summed E-state index contributed by atoms with van der Waals surface area (Å²) in [4.78, 5) is 0. The zero-order chi connectivity index (χ0) is 14.6. The van der Waals surface area contributed by atoms with Gasteiger partial charge in [0.2, 0.25) is 17.2 Å². The third-order valence-corrected chi connectivity index (χ3v) is 2.91. The molecular formula is C14H22O5. The van der Waals surface area contributed by atoms with Crippen LogP contribution in [0.25, 0.3) is 0 Å². The molecule has 0 fully saturated rings. The predicted molar refractivity (Wildman–Crippen MR) is 73.3 cm³/mol. The molecule has 0 atom stereocenters. The fourth-order valence-electron chi connectivity index (χ4n) is 2.14. The molecule has 0 aliphatic carbocycles. The minimum Gasteiger partial charge on any atom is -0.492 e. The molecule has 1 aromatic carbocycles. The molecular weight excluding hydrogens is 248 g/mol. The Labute approximate surface area is 114 Å². The van der Waals surface area contributed by atoms with Crippen LogP contribution in [-0.4, -0.2) is 35.5 Å². The average molecular weight is 270 g/mol. The van der Waals surface area contributed by atoms with Gasteiger partial charge in [-0.2, -0.15) is 0 Å². The molecule has 1 rings (SSSR count). The summed E-state index contributed by atoms with van der Waals surface area (Å²) in [5, 5.41) is 0. The maximum Gasteiger partial charge on any atom is 0.211 e. The maximum atomic E-state index is 5.47. The molecule has 5 nitrogen and oxygen atoms in total. The molecule has 0 unspecified atom stereocenters. The Morgan fingerprint density at radius 3 is 1.00 bits per heavy atom. The van der Waals surface area contributed by atoms with Crippen LogP contribution in [0, 0.1) is 0 Å². The Morgan fingerprint density at radius 1 is 0.526 bits per heavy atom. The van der Waals surface area contributed by atoms with E-state index in [9.17, 15) is 0 Å².